The molecule has 2 rings (SSSR count). The average molecular weight is 315 g/mol. The van der Waals surface area contributed by atoms with E-state index in [1.54, 1.807) is 18.3 Å². The van der Waals surface area contributed by atoms with Gasteiger partial charge in [0.1, 0.15) is 5.03 Å². The minimum absolute atomic E-state index is 0.148. The molecule has 0 spiro atoms. The number of hydrogen-bond acceptors (Lipinski definition) is 4. The number of carbonyl (C=O) groups is 1. The fraction of sp³-hybridized carbons (Fsp3) is 0.571. The lowest BCUT2D eigenvalue weighted by Gasteiger charge is -2.31. The lowest BCUT2D eigenvalue weighted by Crippen LogP contribution is -2.46. The Balaban J connectivity index is 2.10. The van der Waals surface area contributed by atoms with Crippen molar-refractivity contribution in [2.24, 2.45) is 5.92 Å². The van der Waals surface area contributed by atoms with E-state index in [0.717, 1.165) is 5.03 Å². The minimum atomic E-state index is -0.166. The number of halogens is 1. The Labute approximate surface area is 128 Å². The van der Waals surface area contributed by atoms with Gasteiger partial charge in [-0.05, 0) is 18.1 Å². The molecule has 2 heterocycles. The molecule has 0 saturated carbocycles. The maximum atomic E-state index is 12.6. The monoisotopic (exact) mass is 314 g/mol. The Morgan fingerprint density at radius 2 is 2.15 bits per heavy atom. The zero-order chi connectivity index (χ0) is 14.5. The molecule has 0 radical (unpaired) electrons. The highest BCUT2D eigenvalue weighted by Crippen LogP contribution is 2.32. The maximum Gasteiger partial charge on any atom is 0.236 e. The van der Waals surface area contributed by atoms with Crippen molar-refractivity contribution in [3.05, 3.63) is 23.4 Å². The van der Waals surface area contributed by atoms with Crippen molar-refractivity contribution in [1.82, 2.24) is 9.88 Å². The van der Waals surface area contributed by atoms with Crippen LogP contribution in [-0.4, -0.2) is 47.3 Å². The summed E-state index contributed by atoms with van der Waals surface area (Å²) in [6.07, 6.45) is 1.70. The number of ether oxygens (including phenoxy) is 1. The Bertz CT molecular complexity index is 464. The van der Waals surface area contributed by atoms with Crippen LogP contribution in [0.1, 0.15) is 13.8 Å². The number of thioether (sulfide) groups is 1. The summed E-state index contributed by atoms with van der Waals surface area (Å²) >= 11 is 7.59. The lowest BCUT2D eigenvalue weighted by atomic mass is 10.1. The minimum Gasteiger partial charge on any atom is -0.378 e. The van der Waals surface area contributed by atoms with Crippen molar-refractivity contribution in [3.8, 4) is 0 Å². The van der Waals surface area contributed by atoms with Gasteiger partial charge in [0.25, 0.3) is 0 Å². The smallest absolute Gasteiger partial charge is 0.236 e. The first-order valence-electron chi connectivity index (χ1n) is 6.73. The second kappa shape index (κ2) is 7.29. The summed E-state index contributed by atoms with van der Waals surface area (Å²) in [7, 11) is 0. The molecule has 1 unspecified atom stereocenters. The molecule has 20 heavy (non-hydrogen) atoms. The number of nitrogens with zero attached hydrogens (tertiary/aromatic N) is 2. The van der Waals surface area contributed by atoms with Crippen LogP contribution in [-0.2, 0) is 9.53 Å². The van der Waals surface area contributed by atoms with E-state index in [2.05, 4.69) is 4.98 Å². The highest BCUT2D eigenvalue weighted by atomic mass is 35.5. The van der Waals surface area contributed by atoms with Gasteiger partial charge < -0.3 is 9.64 Å². The van der Waals surface area contributed by atoms with E-state index in [-0.39, 0.29) is 17.1 Å². The van der Waals surface area contributed by atoms with Gasteiger partial charge in [-0.2, -0.15) is 0 Å². The largest absolute Gasteiger partial charge is 0.378 e. The second-order valence-corrected chi connectivity index (χ2v) is 6.55. The molecule has 1 saturated heterocycles. The van der Waals surface area contributed by atoms with Gasteiger partial charge in [0.15, 0.2) is 0 Å². The van der Waals surface area contributed by atoms with Crippen LogP contribution in [0, 0.1) is 5.92 Å². The normalized spacial score (nSPS) is 17.3. The van der Waals surface area contributed by atoms with E-state index >= 15 is 0 Å². The molecule has 0 bridgehead atoms. The van der Waals surface area contributed by atoms with Crippen molar-refractivity contribution in [1.29, 1.82) is 0 Å². The molecule has 1 aliphatic rings. The molecule has 1 aromatic rings. The SMILES string of the molecule is CC(C)C(Sc1ncccc1Cl)C(=O)N1CCOCC1. The number of aromatic nitrogens is 1. The third-order valence-electron chi connectivity index (χ3n) is 3.13. The predicted octanol–water partition coefficient (Wildman–Crippen LogP) is 2.71. The Kier molecular flexibility index (Phi) is 5.69. The van der Waals surface area contributed by atoms with Crippen LogP contribution in [0.15, 0.2) is 23.4 Å². The van der Waals surface area contributed by atoms with Crippen LogP contribution in [0.3, 0.4) is 0 Å². The Morgan fingerprint density at radius 1 is 1.45 bits per heavy atom. The fourth-order valence-electron chi connectivity index (χ4n) is 2.01. The number of amides is 1. The zero-order valence-corrected chi connectivity index (χ0v) is 13.3. The topological polar surface area (TPSA) is 42.4 Å². The molecule has 110 valence electrons. The standard InChI is InChI=1S/C14H19ClN2O2S/c1-10(2)12(14(18)17-6-8-19-9-7-17)20-13-11(15)4-3-5-16-13/h3-5,10,12H,6-9H2,1-2H3. The molecule has 1 aliphatic heterocycles. The summed E-state index contributed by atoms with van der Waals surface area (Å²) in [5, 5.41) is 1.15. The molecule has 6 heteroatoms. The molecule has 0 aromatic carbocycles. The van der Waals surface area contributed by atoms with Gasteiger partial charge in [0.2, 0.25) is 5.91 Å². The van der Waals surface area contributed by atoms with E-state index in [9.17, 15) is 4.79 Å². The third-order valence-corrected chi connectivity index (χ3v) is 5.10. The van der Waals surface area contributed by atoms with Crippen molar-refractivity contribution < 1.29 is 9.53 Å². The number of rotatable bonds is 4. The van der Waals surface area contributed by atoms with Crippen molar-refractivity contribution in [2.75, 3.05) is 26.3 Å². The molecular weight excluding hydrogens is 296 g/mol. The molecule has 1 aromatic heterocycles. The average Bonchev–Trinajstić information content (AvgIpc) is 2.46. The number of pyridine rings is 1. The summed E-state index contributed by atoms with van der Waals surface area (Å²) in [6.45, 7) is 6.66. The summed E-state index contributed by atoms with van der Waals surface area (Å²) in [6, 6.07) is 3.59. The van der Waals surface area contributed by atoms with E-state index in [0.29, 0.717) is 31.3 Å². The van der Waals surface area contributed by atoms with Gasteiger partial charge in [-0.1, -0.05) is 37.2 Å². The van der Waals surface area contributed by atoms with Crippen molar-refractivity contribution in [2.45, 2.75) is 24.1 Å². The molecule has 0 aliphatic carbocycles. The van der Waals surface area contributed by atoms with Crippen LogP contribution in [0.5, 0.6) is 0 Å². The molecule has 0 N–H and O–H groups in total. The van der Waals surface area contributed by atoms with Crippen molar-refractivity contribution in [3.63, 3.8) is 0 Å². The summed E-state index contributed by atoms with van der Waals surface area (Å²) in [5.41, 5.74) is 0. The van der Waals surface area contributed by atoms with Crippen LogP contribution in [0.25, 0.3) is 0 Å². The summed E-state index contributed by atoms with van der Waals surface area (Å²) in [4.78, 5) is 18.8. The lowest BCUT2D eigenvalue weighted by molar-refractivity contribution is -0.135. The van der Waals surface area contributed by atoms with Gasteiger partial charge in [0.05, 0.1) is 23.5 Å². The molecule has 4 nitrogen and oxygen atoms in total. The summed E-state index contributed by atoms with van der Waals surface area (Å²) < 4.78 is 5.29. The maximum absolute atomic E-state index is 12.6. The molecule has 1 amide bonds. The first-order chi connectivity index (χ1) is 9.59. The predicted molar refractivity (Wildman–Crippen MR) is 81.1 cm³/mol. The third kappa shape index (κ3) is 3.87. The first-order valence-corrected chi connectivity index (χ1v) is 7.99. The van der Waals surface area contributed by atoms with Crippen LogP contribution in [0.2, 0.25) is 5.02 Å². The number of hydrogen-bond donors (Lipinski definition) is 0. The van der Waals surface area contributed by atoms with Crippen LogP contribution in [0.4, 0.5) is 0 Å². The fourth-order valence-corrected chi connectivity index (χ4v) is 3.33. The first kappa shape index (κ1) is 15.6. The molecule has 1 fully saturated rings. The highest BCUT2D eigenvalue weighted by molar-refractivity contribution is 8.00. The quantitative estimate of drug-likeness (QED) is 0.801. The van der Waals surface area contributed by atoms with Gasteiger partial charge in [-0.3, -0.25) is 4.79 Å². The zero-order valence-electron chi connectivity index (χ0n) is 11.7. The van der Waals surface area contributed by atoms with E-state index in [1.165, 1.54) is 11.8 Å². The number of carbonyl (C=O) groups excluding carboxylic acids is 1. The second-order valence-electron chi connectivity index (χ2n) is 5.01. The highest BCUT2D eigenvalue weighted by Gasteiger charge is 2.30. The van der Waals surface area contributed by atoms with E-state index in [1.807, 2.05) is 18.7 Å². The van der Waals surface area contributed by atoms with Gasteiger partial charge in [-0.25, -0.2) is 4.98 Å². The van der Waals surface area contributed by atoms with Crippen LogP contribution >= 0.6 is 23.4 Å². The molecule has 1 atom stereocenters. The van der Waals surface area contributed by atoms with Gasteiger partial charge in [-0.15, -0.1) is 0 Å². The van der Waals surface area contributed by atoms with Crippen LogP contribution < -0.4 is 0 Å². The summed E-state index contributed by atoms with van der Waals surface area (Å²) in [5.74, 6) is 0.364. The Hall–Kier alpha value is -0.780. The van der Waals surface area contributed by atoms with E-state index in [4.69, 9.17) is 16.3 Å². The van der Waals surface area contributed by atoms with Gasteiger partial charge >= 0.3 is 0 Å². The number of morpholine rings is 1. The van der Waals surface area contributed by atoms with Gasteiger partial charge in [0, 0.05) is 19.3 Å². The Morgan fingerprint density at radius 3 is 2.75 bits per heavy atom. The van der Waals surface area contributed by atoms with E-state index < -0.39 is 0 Å². The molecular formula is C14H19ClN2O2S. The van der Waals surface area contributed by atoms with Crippen molar-refractivity contribution >= 4 is 29.3 Å².